The van der Waals surface area contributed by atoms with Gasteiger partial charge in [0.25, 0.3) is 0 Å². The summed E-state index contributed by atoms with van der Waals surface area (Å²) in [6.07, 6.45) is 7.36. The molecule has 0 aliphatic carbocycles. The zero-order chi connectivity index (χ0) is 13.7. The third-order valence-corrected chi connectivity index (χ3v) is 2.34. The molecule has 0 fully saturated rings. The number of carbonyl (C=O) groups excluding carboxylic acids is 1. The van der Waals surface area contributed by atoms with Gasteiger partial charge in [-0.2, -0.15) is 0 Å². The fourth-order valence-corrected chi connectivity index (χ4v) is 1.50. The Morgan fingerprint density at radius 2 is 2.37 bits per heavy atom. The summed E-state index contributed by atoms with van der Waals surface area (Å²) in [7, 11) is 0. The minimum Gasteiger partial charge on any atom is -0.436 e. The van der Waals surface area contributed by atoms with E-state index in [9.17, 15) is 4.79 Å². The lowest BCUT2D eigenvalue weighted by Gasteiger charge is -2.06. The summed E-state index contributed by atoms with van der Waals surface area (Å²) in [6.45, 7) is 0.792. The SMILES string of the molecule is C#CCOC(=O)NCCn1cnc2c(N)ncnc21. The summed E-state index contributed by atoms with van der Waals surface area (Å²) >= 11 is 0. The summed E-state index contributed by atoms with van der Waals surface area (Å²) < 4.78 is 6.42. The second-order valence-corrected chi connectivity index (χ2v) is 3.58. The van der Waals surface area contributed by atoms with Gasteiger partial charge in [-0.3, -0.25) is 0 Å². The Morgan fingerprint density at radius 3 is 3.16 bits per heavy atom. The number of fused-ring (bicyclic) bond motifs is 1. The molecule has 8 heteroatoms. The molecule has 2 aromatic rings. The first-order chi connectivity index (χ1) is 9.22. The maximum atomic E-state index is 11.1. The third kappa shape index (κ3) is 2.90. The van der Waals surface area contributed by atoms with E-state index in [0.717, 1.165) is 0 Å². The Labute approximate surface area is 109 Å². The van der Waals surface area contributed by atoms with Crippen molar-refractivity contribution in [2.45, 2.75) is 6.54 Å². The number of nitrogens with zero attached hydrogens (tertiary/aromatic N) is 4. The molecule has 0 radical (unpaired) electrons. The van der Waals surface area contributed by atoms with Crippen molar-refractivity contribution >= 4 is 23.1 Å². The van der Waals surface area contributed by atoms with Crippen molar-refractivity contribution in [3.8, 4) is 12.3 Å². The first kappa shape index (κ1) is 12.6. The Morgan fingerprint density at radius 1 is 1.53 bits per heavy atom. The first-order valence-corrected chi connectivity index (χ1v) is 5.47. The number of aromatic nitrogens is 4. The van der Waals surface area contributed by atoms with Gasteiger partial charge in [-0.15, -0.1) is 6.42 Å². The molecule has 0 saturated heterocycles. The van der Waals surface area contributed by atoms with Crippen LogP contribution in [0.4, 0.5) is 10.6 Å². The van der Waals surface area contributed by atoms with Crippen molar-refractivity contribution < 1.29 is 9.53 Å². The predicted molar refractivity (Wildman–Crippen MR) is 67.9 cm³/mol. The molecule has 98 valence electrons. The molecule has 0 spiro atoms. The van der Waals surface area contributed by atoms with Crippen LogP contribution in [0.2, 0.25) is 0 Å². The van der Waals surface area contributed by atoms with Crippen LogP contribution in [-0.4, -0.2) is 38.8 Å². The van der Waals surface area contributed by atoms with Gasteiger partial charge in [-0.05, 0) is 0 Å². The predicted octanol–water partition coefficient (Wildman–Crippen LogP) is -0.232. The monoisotopic (exact) mass is 260 g/mol. The molecular weight excluding hydrogens is 248 g/mol. The number of ether oxygens (including phenoxy) is 1. The van der Waals surface area contributed by atoms with E-state index in [2.05, 4.69) is 30.9 Å². The molecule has 2 aromatic heterocycles. The van der Waals surface area contributed by atoms with Crippen molar-refractivity contribution in [2.75, 3.05) is 18.9 Å². The van der Waals surface area contributed by atoms with Gasteiger partial charge in [0, 0.05) is 13.1 Å². The molecule has 0 atom stereocenters. The summed E-state index contributed by atoms with van der Waals surface area (Å²) in [5, 5.41) is 2.56. The van der Waals surface area contributed by atoms with Crippen LogP contribution in [0.25, 0.3) is 11.2 Å². The number of anilines is 1. The number of hydrogen-bond donors (Lipinski definition) is 2. The third-order valence-electron chi connectivity index (χ3n) is 2.34. The van der Waals surface area contributed by atoms with Crippen molar-refractivity contribution in [1.82, 2.24) is 24.8 Å². The average molecular weight is 260 g/mol. The number of nitrogens with two attached hydrogens (primary N) is 1. The van der Waals surface area contributed by atoms with Crippen LogP contribution in [0.1, 0.15) is 0 Å². The summed E-state index contributed by atoms with van der Waals surface area (Å²) in [5.41, 5.74) is 6.82. The van der Waals surface area contributed by atoms with Gasteiger partial charge < -0.3 is 20.4 Å². The number of imidazole rings is 1. The van der Waals surface area contributed by atoms with E-state index in [0.29, 0.717) is 30.1 Å². The van der Waals surface area contributed by atoms with Crippen LogP contribution >= 0.6 is 0 Å². The molecule has 0 unspecified atom stereocenters. The molecule has 8 nitrogen and oxygen atoms in total. The molecular formula is C11H12N6O2. The topological polar surface area (TPSA) is 108 Å². The van der Waals surface area contributed by atoms with Crippen LogP contribution in [-0.2, 0) is 11.3 Å². The van der Waals surface area contributed by atoms with Gasteiger partial charge in [0.1, 0.15) is 11.8 Å². The maximum absolute atomic E-state index is 11.1. The molecule has 0 aromatic carbocycles. The number of nitrogens with one attached hydrogen (secondary N) is 1. The molecule has 0 aliphatic rings. The summed E-state index contributed by atoms with van der Waals surface area (Å²) in [5.74, 6) is 2.53. The summed E-state index contributed by atoms with van der Waals surface area (Å²) in [6, 6.07) is 0. The number of hydrogen-bond acceptors (Lipinski definition) is 6. The van der Waals surface area contributed by atoms with Crippen LogP contribution < -0.4 is 11.1 Å². The standard InChI is InChI=1S/C11H12N6O2/c1-2-5-19-11(18)13-3-4-17-7-16-8-9(12)14-6-15-10(8)17/h1,6-7H,3-5H2,(H,13,18)(H2,12,14,15). The van der Waals surface area contributed by atoms with Gasteiger partial charge in [0.05, 0.1) is 6.33 Å². The van der Waals surface area contributed by atoms with Crippen LogP contribution in [0.5, 0.6) is 0 Å². The molecule has 1 amide bonds. The minimum absolute atomic E-state index is 0.0520. The van der Waals surface area contributed by atoms with Crippen LogP contribution in [0, 0.1) is 12.3 Å². The van der Waals surface area contributed by atoms with Gasteiger partial charge in [-0.1, -0.05) is 5.92 Å². The second kappa shape index (κ2) is 5.68. The molecule has 0 bridgehead atoms. The largest absolute Gasteiger partial charge is 0.436 e. The summed E-state index contributed by atoms with van der Waals surface area (Å²) in [4.78, 5) is 23.2. The van der Waals surface area contributed by atoms with E-state index < -0.39 is 6.09 Å². The van der Waals surface area contributed by atoms with E-state index in [1.165, 1.54) is 6.33 Å². The van der Waals surface area contributed by atoms with Crippen molar-refractivity contribution in [2.24, 2.45) is 0 Å². The van der Waals surface area contributed by atoms with E-state index in [4.69, 9.17) is 12.2 Å². The molecule has 2 rings (SSSR count). The zero-order valence-electron chi connectivity index (χ0n) is 10.0. The van der Waals surface area contributed by atoms with E-state index in [1.54, 1.807) is 10.9 Å². The molecule has 0 saturated carbocycles. The van der Waals surface area contributed by atoms with E-state index in [-0.39, 0.29) is 6.61 Å². The van der Waals surface area contributed by atoms with Crippen molar-refractivity contribution in [1.29, 1.82) is 0 Å². The number of rotatable bonds is 4. The lowest BCUT2D eigenvalue weighted by Crippen LogP contribution is -2.27. The quantitative estimate of drug-likeness (QED) is 0.735. The highest BCUT2D eigenvalue weighted by molar-refractivity contribution is 5.81. The average Bonchev–Trinajstić information content (AvgIpc) is 2.81. The van der Waals surface area contributed by atoms with E-state index >= 15 is 0 Å². The number of nitrogen functional groups attached to an aromatic ring is 1. The maximum Gasteiger partial charge on any atom is 0.408 e. The lowest BCUT2D eigenvalue weighted by molar-refractivity contribution is 0.160. The Bertz CT molecular complexity index is 630. The number of carbonyl (C=O) groups is 1. The first-order valence-electron chi connectivity index (χ1n) is 5.47. The normalized spacial score (nSPS) is 10.1. The molecule has 19 heavy (non-hydrogen) atoms. The van der Waals surface area contributed by atoms with Crippen LogP contribution in [0.3, 0.4) is 0 Å². The number of terminal acetylenes is 1. The molecule has 2 heterocycles. The Balaban J connectivity index is 1.94. The lowest BCUT2D eigenvalue weighted by atomic mass is 10.5. The van der Waals surface area contributed by atoms with E-state index in [1.807, 2.05) is 0 Å². The molecule has 0 aliphatic heterocycles. The highest BCUT2D eigenvalue weighted by Gasteiger charge is 2.07. The second-order valence-electron chi connectivity index (χ2n) is 3.58. The highest BCUT2D eigenvalue weighted by Crippen LogP contribution is 2.13. The molecule has 3 N–H and O–H groups in total. The van der Waals surface area contributed by atoms with Crippen molar-refractivity contribution in [3.05, 3.63) is 12.7 Å². The highest BCUT2D eigenvalue weighted by atomic mass is 16.5. The van der Waals surface area contributed by atoms with Crippen molar-refractivity contribution in [3.63, 3.8) is 0 Å². The fraction of sp³-hybridized carbons (Fsp3) is 0.273. The Hall–Kier alpha value is -2.82. The van der Waals surface area contributed by atoms with Gasteiger partial charge in [0.15, 0.2) is 18.1 Å². The van der Waals surface area contributed by atoms with Gasteiger partial charge in [0.2, 0.25) is 0 Å². The smallest absolute Gasteiger partial charge is 0.408 e. The number of alkyl carbamates (subject to hydrolysis) is 1. The Kier molecular flexibility index (Phi) is 3.78. The minimum atomic E-state index is -0.559. The fourth-order valence-electron chi connectivity index (χ4n) is 1.50. The zero-order valence-corrected chi connectivity index (χ0v) is 10.0. The number of amides is 1. The van der Waals surface area contributed by atoms with Gasteiger partial charge in [-0.25, -0.2) is 19.7 Å². The van der Waals surface area contributed by atoms with Crippen LogP contribution in [0.15, 0.2) is 12.7 Å². The van der Waals surface area contributed by atoms with Gasteiger partial charge >= 0.3 is 6.09 Å².